The Morgan fingerprint density at radius 3 is 2.14 bits per heavy atom. The van der Waals surface area contributed by atoms with Gasteiger partial charge in [0.1, 0.15) is 0 Å². The fourth-order valence-electron chi connectivity index (χ4n) is 2.57. The molecule has 0 fully saturated rings. The summed E-state index contributed by atoms with van der Waals surface area (Å²) in [5.41, 5.74) is 0.820. The van der Waals surface area contributed by atoms with Crippen LogP contribution < -0.4 is 0 Å². The molecule has 0 saturated carbocycles. The first-order valence-electron chi connectivity index (χ1n) is 8.45. The third-order valence-corrected chi connectivity index (χ3v) is 4.00. The predicted molar refractivity (Wildman–Crippen MR) is 97.8 cm³/mol. The first-order chi connectivity index (χ1) is 13.2. The number of amides is 2. The van der Waals surface area contributed by atoms with E-state index in [-0.39, 0.29) is 31.0 Å². The van der Waals surface area contributed by atoms with Gasteiger partial charge < -0.3 is 14.9 Å². The van der Waals surface area contributed by atoms with Gasteiger partial charge in [0.25, 0.3) is 11.8 Å². The van der Waals surface area contributed by atoms with Crippen molar-refractivity contribution in [2.45, 2.75) is 13.0 Å². The van der Waals surface area contributed by atoms with Crippen LogP contribution in [0.25, 0.3) is 0 Å². The van der Waals surface area contributed by atoms with Crippen LogP contribution >= 0.6 is 0 Å². The Bertz CT molecular complexity index is 900. The first-order valence-corrected chi connectivity index (χ1v) is 8.45. The Labute approximate surface area is 161 Å². The zero-order valence-electron chi connectivity index (χ0n) is 15.5. The number of carboxylic acids is 1. The average Bonchev–Trinajstić information content (AvgIpc) is 2.66. The van der Waals surface area contributed by atoms with Crippen LogP contribution in [0.3, 0.4) is 0 Å². The van der Waals surface area contributed by atoms with Crippen molar-refractivity contribution in [3.05, 3.63) is 70.8 Å². The van der Waals surface area contributed by atoms with Crippen molar-refractivity contribution < 1.29 is 28.3 Å². The van der Waals surface area contributed by atoms with Gasteiger partial charge >= 0.3 is 5.97 Å². The smallest absolute Gasteiger partial charge is 0.305 e. The minimum Gasteiger partial charge on any atom is -0.481 e. The van der Waals surface area contributed by atoms with E-state index in [4.69, 9.17) is 5.11 Å². The molecule has 0 aliphatic heterocycles. The average molecular weight is 390 g/mol. The predicted octanol–water partition coefficient (Wildman–Crippen LogP) is 2.78. The molecular weight excluding hydrogens is 370 g/mol. The second-order valence-electron chi connectivity index (χ2n) is 6.40. The number of hydrogen-bond acceptors (Lipinski definition) is 3. The van der Waals surface area contributed by atoms with Crippen molar-refractivity contribution in [3.63, 3.8) is 0 Å². The monoisotopic (exact) mass is 390 g/mol. The van der Waals surface area contributed by atoms with Crippen LogP contribution in [0.15, 0.2) is 42.5 Å². The van der Waals surface area contributed by atoms with E-state index in [0.29, 0.717) is 11.1 Å². The first kappa shape index (κ1) is 21.0. The summed E-state index contributed by atoms with van der Waals surface area (Å²) in [5, 5.41) is 8.94. The number of aliphatic carboxylic acids is 1. The molecule has 0 spiro atoms. The van der Waals surface area contributed by atoms with Crippen molar-refractivity contribution in [2.75, 3.05) is 20.6 Å². The third kappa shape index (κ3) is 5.35. The summed E-state index contributed by atoms with van der Waals surface area (Å²) in [6, 6.07) is 9.28. The van der Waals surface area contributed by atoms with E-state index in [1.54, 1.807) is 26.2 Å². The number of rotatable bonds is 7. The Balaban J connectivity index is 2.30. The van der Waals surface area contributed by atoms with Gasteiger partial charge in [-0.3, -0.25) is 14.4 Å². The van der Waals surface area contributed by atoms with Gasteiger partial charge in [0.05, 0.1) is 6.42 Å². The fraction of sp³-hybridized carbons (Fsp3) is 0.250. The van der Waals surface area contributed by atoms with Gasteiger partial charge in [-0.25, -0.2) is 8.78 Å². The number of halogens is 2. The molecule has 2 amide bonds. The van der Waals surface area contributed by atoms with Crippen LogP contribution in [0.1, 0.15) is 32.7 Å². The summed E-state index contributed by atoms with van der Waals surface area (Å²) in [6.45, 7) is -0.228. The van der Waals surface area contributed by atoms with Crippen molar-refractivity contribution in [3.8, 4) is 0 Å². The van der Waals surface area contributed by atoms with Crippen LogP contribution in [0, 0.1) is 11.6 Å². The molecule has 0 radical (unpaired) electrons. The molecular formula is C20H20F2N2O4. The molecule has 0 bridgehead atoms. The maximum atomic E-state index is 13.5. The highest BCUT2D eigenvalue weighted by Gasteiger charge is 2.19. The molecule has 0 aromatic heterocycles. The van der Waals surface area contributed by atoms with Crippen molar-refractivity contribution >= 4 is 17.8 Å². The van der Waals surface area contributed by atoms with Gasteiger partial charge in [-0.05, 0) is 35.9 Å². The maximum Gasteiger partial charge on any atom is 0.305 e. The fourth-order valence-corrected chi connectivity index (χ4v) is 2.57. The molecule has 1 N–H and O–H groups in total. The summed E-state index contributed by atoms with van der Waals surface area (Å²) >= 11 is 0. The highest BCUT2D eigenvalue weighted by Crippen LogP contribution is 2.15. The molecule has 0 aliphatic carbocycles. The molecule has 28 heavy (non-hydrogen) atoms. The summed E-state index contributed by atoms with van der Waals surface area (Å²) in [4.78, 5) is 38.5. The number of nitrogens with zero attached hydrogens (tertiary/aromatic N) is 2. The molecule has 2 aromatic carbocycles. The van der Waals surface area contributed by atoms with Gasteiger partial charge in [-0.1, -0.05) is 12.1 Å². The molecule has 0 saturated heterocycles. The van der Waals surface area contributed by atoms with E-state index in [1.807, 2.05) is 0 Å². The lowest BCUT2D eigenvalue weighted by Crippen LogP contribution is -2.33. The zero-order valence-corrected chi connectivity index (χ0v) is 15.5. The van der Waals surface area contributed by atoms with E-state index in [9.17, 15) is 23.2 Å². The summed E-state index contributed by atoms with van der Waals surface area (Å²) in [6.07, 6.45) is -0.314. The van der Waals surface area contributed by atoms with E-state index in [2.05, 4.69) is 0 Å². The Morgan fingerprint density at radius 2 is 1.57 bits per heavy atom. The topological polar surface area (TPSA) is 77.9 Å². The minimum absolute atomic E-state index is 0.102. The normalized spacial score (nSPS) is 10.4. The summed E-state index contributed by atoms with van der Waals surface area (Å²) in [5.74, 6) is -3.96. The van der Waals surface area contributed by atoms with Crippen LogP contribution in [0.4, 0.5) is 8.78 Å². The van der Waals surface area contributed by atoms with Crippen LogP contribution in [0.5, 0.6) is 0 Å². The molecule has 6 nitrogen and oxygen atoms in total. The molecule has 0 heterocycles. The molecule has 2 rings (SSSR count). The van der Waals surface area contributed by atoms with Gasteiger partial charge in [0.2, 0.25) is 0 Å². The Kier molecular flexibility index (Phi) is 6.81. The second kappa shape index (κ2) is 9.07. The highest BCUT2D eigenvalue weighted by atomic mass is 19.2. The van der Waals surface area contributed by atoms with Gasteiger partial charge in [0, 0.05) is 38.3 Å². The number of carbonyl (C=O) groups is 3. The van der Waals surface area contributed by atoms with Gasteiger partial charge in [-0.2, -0.15) is 0 Å². The van der Waals surface area contributed by atoms with E-state index >= 15 is 0 Å². The molecule has 148 valence electrons. The standard InChI is InChI=1S/C20H20F2N2O4/c1-23(2)19(27)14-4-3-5-15(11-14)20(28)24(9-8-18(25)26)12-13-6-7-16(21)17(22)10-13/h3-7,10-11H,8-9,12H2,1-2H3,(H,25,26). The maximum absolute atomic E-state index is 13.5. The lowest BCUT2D eigenvalue weighted by Gasteiger charge is -2.23. The SMILES string of the molecule is CN(C)C(=O)c1cccc(C(=O)N(CCC(=O)O)Cc2ccc(F)c(F)c2)c1. The number of hydrogen-bond donors (Lipinski definition) is 1. The molecule has 2 aromatic rings. The van der Waals surface area contributed by atoms with Crippen LogP contribution in [0.2, 0.25) is 0 Å². The zero-order chi connectivity index (χ0) is 20.8. The number of carboxylic acid groups (broad SMARTS) is 1. The van der Waals surface area contributed by atoms with Crippen molar-refractivity contribution in [2.24, 2.45) is 0 Å². The van der Waals surface area contributed by atoms with Crippen molar-refractivity contribution in [1.29, 1.82) is 0 Å². The van der Waals surface area contributed by atoms with E-state index in [0.717, 1.165) is 12.1 Å². The van der Waals surface area contributed by atoms with Crippen LogP contribution in [-0.4, -0.2) is 53.3 Å². The molecule has 0 aliphatic rings. The second-order valence-corrected chi connectivity index (χ2v) is 6.40. The lowest BCUT2D eigenvalue weighted by molar-refractivity contribution is -0.137. The van der Waals surface area contributed by atoms with E-state index < -0.39 is 23.5 Å². The van der Waals surface area contributed by atoms with Gasteiger partial charge in [-0.15, -0.1) is 0 Å². The van der Waals surface area contributed by atoms with E-state index in [1.165, 1.54) is 28.0 Å². The molecule has 0 unspecified atom stereocenters. The highest BCUT2D eigenvalue weighted by molar-refractivity contribution is 5.99. The Hall–Kier alpha value is -3.29. The largest absolute Gasteiger partial charge is 0.481 e. The number of benzene rings is 2. The third-order valence-electron chi connectivity index (χ3n) is 4.00. The Morgan fingerprint density at radius 1 is 0.929 bits per heavy atom. The summed E-state index contributed by atoms with van der Waals surface area (Å²) in [7, 11) is 3.16. The molecule has 8 heteroatoms. The van der Waals surface area contributed by atoms with Crippen molar-refractivity contribution in [1.82, 2.24) is 9.80 Å². The van der Waals surface area contributed by atoms with Gasteiger partial charge in [0.15, 0.2) is 11.6 Å². The lowest BCUT2D eigenvalue weighted by atomic mass is 10.1. The molecule has 0 atom stereocenters. The number of carbonyl (C=O) groups excluding carboxylic acids is 2. The quantitative estimate of drug-likeness (QED) is 0.789. The minimum atomic E-state index is -1.10. The summed E-state index contributed by atoms with van der Waals surface area (Å²) < 4.78 is 26.6. The van der Waals surface area contributed by atoms with Crippen LogP contribution in [-0.2, 0) is 11.3 Å².